The summed E-state index contributed by atoms with van der Waals surface area (Å²) in [5, 5.41) is 3.85. The van der Waals surface area contributed by atoms with Gasteiger partial charge in [-0.05, 0) is 86.5 Å². The van der Waals surface area contributed by atoms with E-state index in [0.29, 0.717) is 0 Å². The highest BCUT2D eigenvalue weighted by Crippen LogP contribution is 2.59. The Bertz CT molecular complexity index is 492. The highest BCUT2D eigenvalue weighted by atomic mass is 14.9. The van der Waals surface area contributed by atoms with Gasteiger partial charge in [-0.2, -0.15) is 0 Å². The molecule has 3 fully saturated rings. The number of hydrogen-bond donors (Lipinski definition) is 1. The largest absolute Gasteiger partial charge is 0.382 e. The second kappa shape index (κ2) is 4.26. The summed E-state index contributed by atoms with van der Waals surface area (Å²) in [4.78, 5) is 0. The zero-order valence-corrected chi connectivity index (χ0v) is 12.2. The zero-order chi connectivity index (χ0) is 13.0. The molecule has 0 heterocycles. The van der Waals surface area contributed by atoms with Gasteiger partial charge in [-0.25, -0.2) is 0 Å². The fourth-order valence-electron chi connectivity index (χ4n) is 5.28. The predicted molar refractivity (Wildman–Crippen MR) is 80.4 cm³/mol. The van der Waals surface area contributed by atoms with E-state index in [4.69, 9.17) is 0 Å². The van der Waals surface area contributed by atoms with Crippen LogP contribution < -0.4 is 5.32 Å². The van der Waals surface area contributed by atoms with Crippen molar-refractivity contribution in [1.82, 2.24) is 0 Å². The summed E-state index contributed by atoms with van der Waals surface area (Å²) in [7, 11) is 0. The van der Waals surface area contributed by atoms with Gasteiger partial charge in [-0.1, -0.05) is 12.5 Å². The van der Waals surface area contributed by atoms with Crippen LogP contribution in [-0.2, 0) is 0 Å². The highest BCUT2D eigenvalue weighted by molar-refractivity contribution is 5.49. The molecular formula is C18H25N. The molecule has 0 amide bonds. The number of hydrogen-bond acceptors (Lipinski definition) is 1. The maximum absolute atomic E-state index is 3.85. The molecular weight excluding hydrogens is 230 g/mol. The molecule has 5 atom stereocenters. The normalized spacial score (nSPS) is 39.6. The SMILES string of the molecule is Cc1ccc(NC2CC3CC2C2CCCC32)cc1C. The summed E-state index contributed by atoms with van der Waals surface area (Å²) >= 11 is 0. The molecule has 1 N–H and O–H groups in total. The second-order valence-corrected chi connectivity index (χ2v) is 7.20. The fourth-order valence-corrected chi connectivity index (χ4v) is 5.28. The van der Waals surface area contributed by atoms with E-state index in [1.807, 2.05) is 0 Å². The molecule has 0 spiro atoms. The monoisotopic (exact) mass is 255 g/mol. The lowest BCUT2D eigenvalue weighted by molar-refractivity contribution is 0.243. The molecule has 1 aromatic carbocycles. The van der Waals surface area contributed by atoms with Gasteiger partial charge in [-0.15, -0.1) is 0 Å². The highest BCUT2D eigenvalue weighted by Gasteiger charge is 2.53. The van der Waals surface area contributed by atoms with E-state index in [0.717, 1.165) is 29.7 Å². The smallest absolute Gasteiger partial charge is 0.0345 e. The molecule has 0 aliphatic heterocycles. The predicted octanol–water partition coefficient (Wildman–Crippen LogP) is 4.54. The van der Waals surface area contributed by atoms with Gasteiger partial charge in [0, 0.05) is 11.7 Å². The summed E-state index contributed by atoms with van der Waals surface area (Å²) in [6, 6.07) is 7.60. The van der Waals surface area contributed by atoms with Crippen LogP contribution >= 0.6 is 0 Å². The number of anilines is 1. The van der Waals surface area contributed by atoms with Gasteiger partial charge in [0.2, 0.25) is 0 Å². The maximum Gasteiger partial charge on any atom is 0.0345 e. The Morgan fingerprint density at radius 2 is 1.79 bits per heavy atom. The summed E-state index contributed by atoms with van der Waals surface area (Å²) < 4.78 is 0. The lowest BCUT2D eigenvalue weighted by Gasteiger charge is -2.32. The van der Waals surface area contributed by atoms with Crippen LogP contribution in [0.5, 0.6) is 0 Å². The molecule has 0 aromatic heterocycles. The van der Waals surface area contributed by atoms with E-state index in [1.54, 1.807) is 0 Å². The zero-order valence-electron chi connectivity index (χ0n) is 12.2. The third-order valence-electron chi connectivity index (χ3n) is 6.29. The first-order valence-electron chi connectivity index (χ1n) is 8.06. The molecule has 3 aliphatic carbocycles. The summed E-state index contributed by atoms with van der Waals surface area (Å²) in [6.07, 6.45) is 7.48. The van der Waals surface area contributed by atoms with Gasteiger partial charge in [0.25, 0.3) is 0 Å². The van der Waals surface area contributed by atoms with Crippen molar-refractivity contribution >= 4 is 5.69 Å². The van der Waals surface area contributed by atoms with Crippen LogP contribution in [0.15, 0.2) is 18.2 Å². The van der Waals surface area contributed by atoms with Gasteiger partial charge < -0.3 is 5.32 Å². The van der Waals surface area contributed by atoms with Crippen LogP contribution in [0.1, 0.15) is 43.2 Å². The first-order valence-corrected chi connectivity index (χ1v) is 8.06. The van der Waals surface area contributed by atoms with Crippen LogP contribution in [-0.4, -0.2) is 6.04 Å². The molecule has 3 aliphatic rings. The van der Waals surface area contributed by atoms with Crippen molar-refractivity contribution < 1.29 is 0 Å². The molecule has 0 saturated heterocycles. The van der Waals surface area contributed by atoms with E-state index in [1.165, 1.54) is 48.9 Å². The lowest BCUT2D eigenvalue weighted by atomic mass is 9.79. The number of aryl methyl sites for hydroxylation is 2. The van der Waals surface area contributed by atoms with Crippen molar-refractivity contribution in [3.8, 4) is 0 Å². The van der Waals surface area contributed by atoms with Crippen molar-refractivity contribution in [3.05, 3.63) is 29.3 Å². The lowest BCUT2D eigenvalue weighted by Crippen LogP contribution is -2.33. The summed E-state index contributed by atoms with van der Waals surface area (Å²) in [6.45, 7) is 4.41. The van der Waals surface area contributed by atoms with E-state index in [2.05, 4.69) is 37.4 Å². The number of rotatable bonds is 2. The Morgan fingerprint density at radius 3 is 2.63 bits per heavy atom. The molecule has 1 nitrogen and oxygen atoms in total. The Hall–Kier alpha value is -0.980. The van der Waals surface area contributed by atoms with Crippen LogP contribution in [0, 0.1) is 37.5 Å². The van der Waals surface area contributed by atoms with Crippen LogP contribution in [0.25, 0.3) is 0 Å². The van der Waals surface area contributed by atoms with Crippen molar-refractivity contribution in [2.75, 3.05) is 5.32 Å². The van der Waals surface area contributed by atoms with Gasteiger partial charge in [0.05, 0.1) is 0 Å². The second-order valence-electron chi connectivity index (χ2n) is 7.20. The molecule has 4 rings (SSSR count). The Balaban J connectivity index is 1.51. The first-order chi connectivity index (χ1) is 9.22. The Kier molecular flexibility index (Phi) is 2.65. The van der Waals surface area contributed by atoms with Gasteiger partial charge in [-0.3, -0.25) is 0 Å². The van der Waals surface area contributed by atoms with Gasteiger partial charge in [0.1, 0.15) is 0 Å². The molecule has 19 heavy (non-hydrogen) atoms. The number of fused-ring (bicyclic) bond motifs is 5. The first kappa shape index (κ1) is 11.8. The number of benzene rings is 1. The average molecular weight is 255 g/mol. The topological polar surface area (TPSA) is 12.0 Å². The van der Waals surface area contributed by atoms with E-state index in [9.17, 15) is 0 Å². The molecule has 102 valence electrons. The van der Waals surface area contributed by atoms with E-state index >= 15 is 0 Å². The van der Waals surface area contributed by atoms with Gasteiger partial charge in [0.15, 0.2) is 0 Å². The molecule has 0 radical (unpaired) electrons. The van der Waals surface area contributed by atoms with Crippen molar-refractivity contribution in [2.24, 2.45) is 23.7 Å². The minimum absolute atomic E-state index is 0.756. The van der Waals surface area contributed by atoms with Crippen molar-refractivity contribution in [3.63, 3.8) is 0 Å². The summed E-state index contributed by atoms with van der Waals surface area (Å²) in [5.74, 6) is 4.17. The minimum atomic E-state index is 0.756. The van der Waals surface area contributed by atoms with Crippen LogP contribution in [0.4, 0.5) is 5.69 Å². The molecule has 1 aromatic rings. The standard InChI is InChI=1S/C18H25N/c1-11-6-7-14(8-12(11)2)19-18-10-13-9-17(18)16-5-3-4-15(13)16/h6-8,13,15-19H,3-5,9-10H2,1-2H3. The van der Waals surface area contributed by atoms with Crippen LogP contribution in [0.3, 0.4) is 0 Å². The fraction of sp³-hybridized carbons (Fsp3) is 0.667. The average Bonchev–Trinajstić information content (AvgIpc) is 3.05. The van der Waals surface area contributed by atoms with E-state index in [-0.39, 0.29) is 0 Å². The Labute approximate surface area is 116 Å². The number of nitrogens with one attached hydrogen (secondary N) is 1. The molecule has 1 heteroatoms. The molecule has 3 saturated carbocycles. The molecule has 5 unspecified atom stereocenters. The maximum atomic E-state index is 3.85. The van der Waals surface area contributed by atoms with E-state index < -0.39 is 0 Å². The van der Waals surface area contributed by atoms with Crippen molar-refractivity contribution in [1.29, 1.82) is 0 Å². The Morgan fingerprint density at radius 1 is 0.947 bits per heavy atom. The molecule has 2 bridgehead atoms. The third kappa shape index (κ3) is 1.81. The minimum Gasteiger partial charge on any atom is -0.382 e. The third-order valence-corrected chi connectivity index (χ3v) is 6.29. The van der Waals surface area contributed by atoms with Gasteiger partial charge >= 0.3 is 0 Å². The van der Waals surface area contributed by atoms with Crippen molar-refractivity contribution in [2.45, 2.75) is 52.0 Å². The van der Waals surface area contributed by atoms with Crippen LogP contribution in [0.2, 0.25) is 0 Å². The summed E-state index contributed by atoms with van der Waals surface area (Å²) in [5.41, 5.74) is 4.15. The quantitative estimate of drug-likeness (QED) is 0.818.